The van der Waals surface area contributed by atoms with Crippen LogP contribution in [0.3, 0.4) is 0 Å². The van der Waals surface area contributed by atoms with E-state index in [9.17, 15) is 4.79 Å². The number of carbonyl (C=O) groups excluding carboxylic acids is 1. The first kappa shape index (κ1) is 16.3. The second kappa shape index (κ2) is 7.24. The summed E-state index contributed by atoms with van der Waals surface area (Å²) in [5, 5.41) is 3.21. The van der Waals surface area contributed by atoms with E-state index in [0.717, 1.165) is 31.6 Å². The monoisotopic (exact) mass is 308 g/mol. The van der Waals surface area contributed by atoms with Gasteiger partial charge < -0.3 is 24.4 Å². The Bertz CT molecular complexity index is 502. The van der Waals surface area contributed by atoms with Crippen LogP contribution in [0.2, 0.25) is 0 Å². The lowest BCUT2D eigenvalue weighted by Crippen LogP contribution is -2.39. The van der Waals surface area contributed by atoms with Crippen LogP contribution in [0.15, 0.2) is 12.1 Å². The summed E-state index contributed by atoms with van der Waals surface area (Å²) >= 11 is 0. The minimum absolute atomic E-state index is 0.117. The summed E-state index contributed by atoms with van der Waals surface area (Å²) in [5.74, 6) is 1.77. The van der Waals surface area contributed by atoms with E-state index in [1.807, 2.05) is 11.8 Å². The second-order valence-corrected chi connectivity index (χ2v) is 5.31. The summed E-state index contributed by atoms with van der Waals surface area (Å²) in [7, 11) is 4.70. The number of anilines is 1. The van der Waals surface area contributed by atoms with Crippen molar-refractivity contribution < 1.29 is 19.0 Å². The van der Waals surface area contributed by atoms with Gasteiger partial charge in [-0.1, -0.05) is 0 Å². The van der Waals surface area contributed by atoms with E-state index < -0.39 is 0 Å². The molecule has 1 aromatic rings. The summed E-state index contributed by atoms with van der Waals surface area (Å²) in [6, 6.07) is 3.30. The first-order valence-electron chi connectivity index (χ1n) is 7.46. The van der Waals surface area contributed by atoms with Crippen LogP contribution < -0.4 is 19.5 Å². The zero-order valence-corrected chi connectivity index (χ0v) is 13.6. The quantitative estimate of drug-likeness (QED) is 0.872. The topological polar surface area (TPSA) is 60.0 Å². The van der Waals surface area contributed by atoms with E-state index in [2.05, 4.69) is 5.32 Å². The molecule has 1 N–H and O–H groups in total. The number of rotatable bonds is 6. The normalized spacial score (nSPS) is 15.4. The Labute approximate surface area is 131 Å². The van der Waals surface area contributed by atoms with Crippen LogP contribution in [0.1, 0.15) is 19.8 Å². The van der Waals surface area contributed by atoms with Gasteiger partial charge in [0.15, 0.2) is 11.5 Å². The van der Waals surface area contributed by atoms with Crippen LogP contribution >= 0.6 is 0 Å². The summed E-state index contributed by atoms with van der Waals surface area (Å²) in [6.45, 7) is 3.56. The van der Waals surface area contributed by atoms with Crippen molar-refractivity contribution in [2.24, 2.45) is 0 Å². The molecule has 122 valence electrons. The fourth-order valence-electron chi connectivity index (χ4n) is 2.69. The molecule has 0 saturated carbocycles. The van der Waals surface area contributed by atoms with Gasteiger partial charge in [-0.15, -0.1) is 0 Å². The smallest absolute Gasteiger partial charge is 0.244 e. The van der Waals surface area contributed by atoms with E-state index in [0.29, 0.717) is 17.2 Å². The molecule has 1 aliphatic rings. The first-order chi connectivity index (χ1) is 10.6. The van der Waals surface area contributed by atoms with Crippen molar-refractivity contribution in [3.8, 4) is 17.2 Å². The van der Waals surface area contributed by atoms with Gasteiger partial charge in [0.1, 0.15) is 6.04 Å². The van der Waals surface area contributed by atoms with E-state index in [-0.39, 0.29) is 11.9 Å². The number of benzene rings is 1. The van der Waals surface area contributed by atoms with Crippen molar-refractivity contribution in [1.82, 2.24) is 4.90 Å². The summed E-state index contributed by atoms with van der Waals surface area (Å²) in [4.78, 5) is 14.3. The van der Waals surface area contributed by atoms with Crippen LogP contribution in [0, 0.1) is 0 Å². The molecule has 1 amide bonds. The number of hydrogen-bond donors (Lipinski definition) is 1. The maximum atomic E-state index is 12.4. The first-order valence-corrected chi connectivity index (χ1v) is 7.46. The molecular formula is C16H24N2O4. The van der Waals surface area contributed by atoms with Gasteiger partial charge in [0.2, 0.25) is 11.7 Å². The van der Waals surface area contributed by atoms with Crippen molar-refractivity contribution in [2.75, 3.05) is 39.7 Å². The Morgan fingerprint density at radius 2 is 1.64 bits per heavy atom. The maximum Gasteiger partial charge on any atom is 0.244 e. The van der Waals surface area contributed by atoms with Crippen molar-refractivity contribution in [3.05, 3.63) is 12.1 Å². The lowest BCUT2D eigenvalue weighted by atomic mass is 10.2. The molecule has 1 aromatic carbocycles. The molecule has 6 heteroatoms. The molecular weight excluding hydrogens is 284 g/mol. The highest BCUT2D eigenvalue weighted by molar-refractivity contribution is 5.84. The molecule has 1 unspecified atom stereocenters. The third-order valence-electron chi connectivity index (χ3n) is 3.84. The van der Waals surface area contributed by atoms with Crippen molar-refractivity contribution in [3.63, 3.8) is 0 Å². The molecule has 1 fully saturated rings. The van der Waals surface area contributed by atoms with E-state index in [1.165, 1.54) is 0 Å². The number of amides is 1. The molecule has 6 nitrogen and oxygen atoms in total. The Morgan fingerprint density at radius 3 is 2.09 bits per heavy atom. The van der Waals surface area contributed by atoms with Crippen molar-refractivity contribution >= 4 is 11.6 Å². The minimum atomic E-state index is -0.305. The Balaban J connectivity index is 2.16. The average molecular weight is 308 g/mol. The fraction of sp³-hybridized carbons (Fsp3) is 0.562. The molecule has 1 atom stereocenters. The van der Waals surface area contributed by atoms with Crippen LogP contribution in [0.4, 0.5) is 5.69 Å². The Kier molecular flexibility index (Phi) is 5.35. The predicted octanol–water partition coefficient (Wildman–Crippen LogP) is 2.14. The maximum absolute atomic E-state index is 12.4. The highest BCUT2D eigenvalue weighted by Crippen LogP contribution is 2.40. The molecule has 0 aromatic heterocycles. The van der Waals surface area contributed by atoms with Gasteiger partial charge in [-0.05, 0) is 19.8 Å². The summed E-state index contributed by atoms with van der Waals surface area (Å²) in [5.41, 5.74) is 0.759. The molecule has 0 bridgehead atoms. The van der Waals surface area contributed by atoms with Gasteiger partial charge in [-0.25, -0.2) is 0 Å². The molecule has 2 rings (SSSR count). The number of methoxy groups -OCH3 is 3. The van der Waals surface area contributed by atoms with E-state index in [1.54, 1.807) is 33.5 Å². The SMILES string of the molecule is COc1cc(NC(C)C(=O)N2CCCC2)cc(OC)c1OC. The van der Waals surface area contributed by atoms with Gasteiger partial charge >= 0.3 is 0 Å². The van der Waals surface area contributed by atoms with Crippen LogP contribution in [0.25, 0.3) is 0 Å². The highest BCUT2D eigenvalue weighted by atomic mass is 16.5. The molecule has 0 aliphatic carbocycles. The lowest BCUT2D eigenvalue weighted by molar-refractivity contribution is -0.130. The zero-order chi connectivity index (χ0) is 16.1. The van der Waals surface area contributed by atoms with Crippen LogP contribution in [-0.4, -0.2) is 51.3 Å². The third kappa shape index (κ3) is 3.37. The Morgan fingerprint density at radius 1 is 1.09 bits per heavy atom. The molecule has 1 aliphatic heterocycles. The highest BCUT2D eigenvalue weighted by Gasteiger charge is 2.23. The zero-order valence-electron chi connectivity index (χ0n) is 13.6. The number of nitrogens with zero attached hydrogens (tertiary/aromatic N) is 1. The van der Waals surface area contributed by atoms with Gasteiger partial charge in [-0.3, -0.25) is 4.79 Å². The molecule has 1 saturated heterocycles. The number of ether oxygens (including phenoxy) is 3. The molecule has 22 heavy (non-hydrogen) atoms. The largest absolute Gasteiger partial charge is 0.493 e. The van der Waals surface area contributed by atoms with E-state index in [4.69, 9.17) is 14.2 Å². The molecule has 1 heterocycles. The average Bonchev–Trinajstić information content (AvgIpc) is 3.07. The molecule has 0 spiro atoms. The number of hydrogen-bond acceptors (Lipinski definition) is 5. The van der Waals surface area contributed by atoms with Crippen molar-refractivity contribution in [2.45, 2.75) is 25.8 Å². The fourth-order valence-corrected chi connectivity index (χ4v) is 2.69. The third-order valence-corrected chi connectivity index (χ3v) is 3.84. The number of nitrogens with one attached hydrogen (secondary N) is 1. The van der Waals surface area contributed by atoms with Gasteiger partial charge in [0.25, 0.3) is 0 Å². The summed E-state index contributed by atoms with van der Waals surface area (Å²) in [6.07, 6.45) is 2.17. The number of likely N-dealkylation sites (tertiary alicyclic amines) is 1. The van der Waals surface area contributed by atoms with Gasteiger partial charge in [-0.2, -0.15) is 0 Å². The molecule has 0 radical (unpaired) electrons. The van der Waals surface area contributed by atoms with Crippen LogP contribution in [0.5, 0.6) is 17.2 Å². The predicted molar refractivity (Wildman–Crippen MR) is 85.0 cm³/mol. The van der Waals surface area contributed by atoms with Crippen molar-refractivity contribution in [1.29, 1.82) is 0 Å². The van der Waals surface area contributed by atoms with Gasteiger partial charge in [0, 0.05) is 30.9 Å². The number of carbonyl (C=O) groups is 1. The van der Waals surface area contributed by atoms with Gasteiger partial charge in [0.05, 0.1) is 21.3 Å². The summed E-state index contributed by atoms with van der Waals surface area (Å²) < 4.78 is 15.9. The van der Waals surface area contributed by atoms with E-state index >= 15 is 0 Å². The van der Waals surface area contributed by atoms with Crippen LogP contribution in [-0.2, 0) is 4.79 Å². The lowest BCUT2D eigenvalue weighted by Gasteiger charge is -2.22. The standard InChI is InChI=1S/C16H24N2O4/c1-11(16(19)18-7-5-6-8-18)17-12-9-13(20-2)15(22-4)14(10-12)21-3/h9-11,17H,5-8H2,1-4H3. The second-order valence-electron chi connectivity index (χ2n) is 5.31. The minimum Gasteiger partial charge on any atom is -0.493 e. The Hall–Kier alpha value is -2.11.